The Balaban J connectivity index is 4.21. The second-order valence-corrected chi connectivity index (χ2v) is 6.04. The number of carbonyl (C=O) groups is 2. The minimum atomic E-state index is -0.733. The third kappa shape index (κ3) is 10.1. The number of alkyl carbamates (subject to hydrolysis) is 1. The van der Waals surface area contributed by atoms with Gasteiger partial charge >= 0.3 is 6.09 Å². The summed E-state index contributed by atoms with van der Waals surface area (Å²) < 4.78 is 5.08. The Hall–Kier alpha value is -1.34. The highest BCUT2D eigenvalue weighted by molar-refractivity contribution is 5.85. The number of amides is 2. The molecule has 0 aromatic rings. The summed E-state index contributed by atoms with van der Waals surface area (Å²) in [4.78, 5) is 23.5. The zero-order valence-electron chi connectivity index (χ0n) is 13.4. The van der Waals surface area contributed by atoms with Crippen LogP contribution in [-0.2, 0) is 9.53 Å². The molecule has 124 valence electrons. The lowest BCUT2D eigenvalue weighted by Gasteiger charge is -2.23. The van der Waals surface area contributed by atoms with Gasteiger partial charge in [-0.15, -0.1) is 0 Å². The summed E-state index contributed by atoms with van der Waals surface area (Å²) in [6.07, 6.45) is 1.68. The van der Waals surface area contributed by atoms with Gasteiger partial charge in [-0.3, -0.25) is 4.79 Å². The fourth-order valence-electron chi connectivity index (χ4n) is 1.62. The number of rotatable bonds is 8. The van der Waals surface area contributed by atoms with Crippen LogP contribution in [0.1, 0.15) is 47.0 Å². The van der Waals surface area contributed by atoms with Crippen molar-refractivity contribution in [2.24, 2.45) is 5.73 Å². The molecule has 0 saturated heterocycles. The Morgan fingerprint density at radius 1 is 1.24 bits per heavy atom. The van der Waals surface area contributed by atoms with E-state index in [0.717, 1.165) is 12.8 Å². The van der Waals surface area contributed by atoms with Crippen LogP contribution < -0.4 is 16.4 Å². The second kappa shape index (κ2) is 9.57. The van der Waals surface area contributed by atoms with Gasteiger partial charge in [0, 0.05) is 0 Å². The third-order valence-electron chi connectivity index (χ3n) is 2.70. The first kappa shape index (κ1) is 19.7. The van der Waals surface area contributed by atoms with Crippen molar-refractivity contribution in [1.29, 1.82) is 0 Å². The second-order valence-electron chi connectivity index (χ2n) is 6.04. The Morgan fingerprint density at radius 2 is 1.86 bits per heavy atom. The number of aliphatic hydroxyl groups excluding tert-OH is 1. The standard InChI is InChI=1S/C14H29N3O4/c1-10(16-13(20)21-14(2,3)4)12(19)17-11(9-18)7-5-6-8-15/h10-11,18H,5-9,15H2,1-4H3,(H,16,20)(H,17,19)/t10-,11-/m0/s1. The molecule has 0 aromatic heterocycles. The van der Waals surface area contributed by atoms with E-state index in [1.807, 2.05) is 0 Å². The maximum atomic E-state index is 11.9. The molecule has 0 saturated carbocycles. The molecule has 0 spiro atoms. The van der Waals surface area contributed by atoms with Gasteiger partial charge in [-0.1, -0.05) is 6.42 Å². The van der Waals surface area contributed by atoms with Crippen LogP contribution in [0, 0.1) is 0 Å². The van der Waals surface area contributed by atoms with Gasteiger partial charge in [-0.05, 0) is 47.1 Å². The van der Waals surface area contributed by atoms with Gasteiger partial charge in [0.25, 0.3) is 0 Å². The van der Waals surface area contributed by atoms with Crippen LogP contribution in [0.5, 0.6) is 0 Å². The summed E-state index contributed by atoms with van der Waals surface area (Å²) in [7, 11) is 0. The quantitative estimate of drug-likeness (QED) is 0.488. The van der Waals surface area contributed by atoms with E-state index in [1.165, 1.54) is 0 Å². The van der Waals surface area contributed by atoms with E-state index in [4.69, 9.17) is 10.5 Å². The minimum Gasteiger partial charge on any atom is -0.444 e. The Labute approximate surface area is 126 Å². The normalized spacial score (nSPS) is 14.2. The molecule has 0 aliphatic carbocycles. The van der Waals surface area contributed by atoms with Gasteiger partial charge in [0.2, 0.25) is 5.91 Å². The molecule has 0 bridgehead atoms. The maximum absolute atomic E-state index is 11.9. The van der Waals surface area contributed by atoms with E-state index in [-0.39, 0.29) is 18.6 Å². The van der Waals surface area contributed by atoms with Crippen molar-refractivity contribution < 1.29 is 19.4 Å². The van der Waals surface area contributed by atoms with E-state index in [2.05, 4.69) is 10.6 Å². The van der Waals surface area contributed by atoms with Crippen molar-refractivity contribution in [2.75, 3.05) is 13.2 Å². The van der Waals surface area contributed by atoms with Crippen LogP contribution in [0.3, 0.4) is 0 Å². The van der Waals surface area contributed by atoms with Crippen molar-refractivity contribution in [3.63, 3.8) is 0 Å². The first-order chi connectivity index (χ1) is 9.69. The monoisotopic (exact) mass is 303 g/mol. The summed E-state index contributed by atoms with van der Waals surface area (Å²) in [6, 6.07) is -1.06. The van der Waals surface area contributed by atoms with Crippen LogP contribution in [0.4, 0.5) is 4.79 Å². The highest BCUT2D eigenvalue weighted by atomic mass is 16.6. The number of hydrogen-bond acceptors (Lipinski definition) is 5. The molecule has 2 amide bonds. The molecule has 0 aliphatic heterocycles. The predicted molar refractivity (Wildman–Crippen MR) is 80.8 cm³/mol. The Bertz CT molecular complexity index is 329. The molecule has 5 N–H and O–H groups in total. The molecule has 2 atom stereocenters. The Kier molecular flexibility index (Phi) is 8.96. The number of carbonyl (C=O) groups excluding carboxylic acids is 2. The third-order valence-corrected chi connectivity index (χ3v) is 2.70. The molecule has 0 aromatic carbocycles. The first-order valence-corrected chi connectivity index (χ1v) is 7.30. The number of aliphatic hydroxyl groups is 1. The van der Waals surface area contributed by atoms with Gasteiger partial charge < -0.3 is 26.2 Å². The van der Waals surface area contributed by atoms with Crippen LogP contribution in [0.25, 0.3) is 0 Å². The van der Waals surface area contributed by atoms with Crippen molar-refractivity contribution in [2.45, 2.75) is 64.6 Å². The van der Waals surface area contributed by atoms with Crippen molar-refractivity contribution in [3.05, 3.63) is 0 Å². The van der Waals surface area contributed by atoms with Crippen LogP contribution in [0.15, 0.2) is 0 Å². The number of hydrogen-bond donors (Lipinski definition) is 4. The van der Waals surface area contributed by atoms with Gasteiger partial charge in [0.05, 0.1) is 12.6 Å². The molecular weight excluding hydrogens is 274 g/mol. The van der Waals surface area contributed by atoms with E-state index in [9.17, 15) is 14.7 Å². The molecule has 0 unspecified atom stereocenters. The average molecular weight is 303 g/mol. The summed E-state index contributed by atoms with van der Waals surface area (Å²) >= 11 is 0. The molecule has 7 heteroatoms. The van der Waals surface area contributed by atoms with Gasteiger partial charge in [-0.2, -0.15) is 0 Å². The van der Waals surface area contributed by atoms with Crippen molar-refractivity contribution in [1.82, 2.24) is 10.6 Å². The van der Waals surface area contributed by atoms with Crippen molar-refractivity contribution in [3.8, 4) is 0 Å². The maximum Gasteiger partial charge on any atom is 0.408 e. The molecule has 7 nitrogen and oxygen atoms in total. The summed E-state index contributed by atoms with van der Waals surface area (Å²) in [6.45, 7) is 7.25. The SMILES string of the molecule is C[C@H](NC(=O)OC(C)(C)C)C(=O)N[C@H](CO)CCCCN. The van der Waals surface area contributed by atoms with E-state index in [1.54, 1.807) is 27.7 Å². The fraction of sp³-hybridized carbons (Fsp3) is 0.857. The Morgan fingerprint density at radius 3 is 2.33 bits per heavy atom. The topological polar surface area (TPSA) is 114 Å². The van der Waals surface area contributed by atoms with E-state index < -0.39 is 17.7 Å². The molecule has 0 aliphatic rings. The van der Waals surface area contributed by atoms with Gasteiger partial charge in [-0.25, -0.2) is 4.79 Å². The summed E-state index contributed by atoms with van der Waals surface area (Å²) in [5.41, 5.74) is 4.78. The fourth-order valence-corrected chi connectivity index (χ4v) is 1.62. The van der Waals surface area contributed by atoms with Crippen LogP contribution in [0.2, 0.25) is 0 Å². The molecule has 0 radical (unpaired) electrons. The van der Waals surface area contributed by atoms with Crippen molar-refractivity contribution >= 4 is 12.0 Å². The highest BCUT2D eigenvalue weighted by Crippen LogP contribution is 2.07. The van der Waals surface area contributed by atoms with E-state index >= 15 is 0 Å². The largest absolute Gasteiger partial charge is 0.444 e. The number of nitrogens with two attached hydrogens (primary N) is 1. The number of ether oxygens (including phenoxy) is 1. The van der Waals surface area contributed by atoms with Crippen LogP contribution >= 0.6 is 0 Å². The first-order valence-electron chi connectivity index (χ1n) is 7.30. The lowest BCUT2D eigenvalue weighted by atomic mass is 10.1. The molecular formula is C14H29N3O4. The van der Waals surface area contributed by atoms with Crippen LogP contribution in [-0.4, -0.2) is 47.9 Å². The predicted octanol–water partition coefficient (Wildman–Crippen LogP) is 0.506. The van der Waals surface area contributed by atoms with E-state index in [0.29, 0.717) is 13.0 Å². The minimum absolute atomic E-state index is 0.143. The molecule has 21 heavy (non-hydrogen) atoms. The number of nitrogens with one attached hydrogen (secondary N) is 2. The summed E-state index contributed by atoms with van der Waals surface area (Å²) in [5.74, 6) is -0.354. The van der Waals surface area contributed by atoms with Gasteiger partial charge in [0.1, 0.15) is 11.6 Å². The average Bonchev–Trinajstić information content (AvgIpc) is 2.35. The molecule has 0 fully saturated rings. The zero-order valence-corrected chi connectivity index (χ0v) is 13.4. The summed E-state index contributed by atoms with van der Waals surface area (Å²) in [5, 5.41) is 14.4. The smallest absolute Gasteiger partial charge is 0.408 e. The molecule has 0 heterocycles. The number of unbranched alkanes of at least 4 members (excludes halogenated alkanes) is 1. The molecule has 0 rings (SSSR count). The lowest BCUT2D eigenvalue weighted by molar-refractivity contribution is -0.123. The highest BCUT2D eigenvalue weighted by Gasteiger charge is 2.22. The zero-order chi connectivity index (χ0) is 16.5. The lowest BCUT2D eigenvalue weighted by Crippen LogP contribution is -2.50. The van der Waals surface area contributed by atoms with Gasteiger partial charge in [0.15, 0.2) is 0 Å².